The van der Waals surface area contributed by atoms with Crippen molar-refractivity contribution in [3.63, 3.8) is 0 Å². The van der Waals surface area contributed by atoms with Crippen molar-refractivity contribution >= 4 is 23.2 Å². The molecule has 0 radical (unpaired) electrons. The van der Waals surface area contributed by atoms with Gasteiger partial charge in [0.1, 0.15) is 5.82 Å². The molecule has 1 aromatic carbocycles. The lowest BCUT2D eigenvalue weighted by molar-refractivity contribution is -0.192. The summed E-state index contributed by atoms with van der Waals surface area (Å²) in [6, 6.07) is 14.5. The fourth-order valence-electron chi connectivity index (χ4n) is 3.96. The van der Waals surface area contributed by atoms with Crippen LogP contribution in [0.1, 0.15) is 32.1 Å². The number of carboxylic acids is 1. The molecule has 39 heavy (non-hydrogen) atoms. The Morgan fingerprint density at radius 1 is 1.08 bits per heavy atom. The predicted octanol–water partition coefficient (Wildman–Crippen LogP) is 4.59. The van der Waals surface area contributed by atoms with E-state index in [0.717, 1.165) is 29.1 Å². The monoisotopic (exact) mass is 561 g/mol. The van der Waals surface area contributed by atoms with Gasteiger partial charge in [0.25, 0.3) is 5.91 Å². The van der Waals surface area contributed by atoms with Crippen LogP contribution < -0.4 is 5.32 Å². The largest absolute Gasteiger partial charge is 0.490 e. The minimum absolute atomic E-state index is 0.135. The van der Waals surface area contributed by atoms with Gasteiger partial charge >= 0.3 is 12.1 Å². The van der Waals surface area contributed by atoms with Crippen molar-refractivity contribution in [2.24, 2.45) is 0 Å². The summed E-state index contributed by atoms with van der Waals surface area (Å²) in [6.45, 7) is 2.38. The number of amides is 1. The Morgan fingerprint density at radius 2 is 1.82 bits per heavy atom. The van der Waals surface area contributed by atoms with Gasteiger partial charge in [-0.1, -0.05) is 24.3 Å². The molecule has 1 amide bonds. The number of aliphatic carboxylic acids is 1. The van der Waals surface area contributed by atoms with Crippen LogP contribution in [0.25, 0.3) is 5.82 Å². The number of pyridine rings is 1. The van der Waals surface area contributed by atoms with Gasteiger partial charge in [0, 0.05) is 42.8 Å². The number of nitrogens with zero attached hydrogens (tertiary/aromatic N) is 4. The maximum atomic E-state index is 13.3. The lowest BCUT2D eigenvalue weighted by Crippen LogP contribution is -2.28. The Labute approximate surface area is 224 Å². The van der Waals surface area contributed by atoms with Crippen molar-refractivity contribution in [3.8, 4) is 5.82 Å². The minimum Gasteiger partial charge on any atom is -0.475 e. The molecule has 8 nitrogen and oxygen atoms in total. The summed E-state index contributed by atoms with van der Waals surface area (Å²) < 4.78 is 46.8. The quantitative estimate of drug-likeness (QED) is 0.334. The third kappa shape index (κ3) is 7.27. The van der Waals surface area contributed by atoms with Crippen LogP contribution in [0.2, 0.25) is 0 Å². The Bertz CT molecular complexity index is 1420. The molecule has 5 rings (SSSR count). The number of carboxylic acid groups (broad SMARTS) is 1. The van der Waals surface area contributed by atoms with Gasteiger partial charge in [0.05, 0.1) is 17.5 Å². The van der Waals surface area contributed by atoms with Crippen molar-refractivity contribution < 1.29 is 32.3 Å². The first-order valence-electron chi connectivity index (χ1n) is 11.7. The number of rotatable bonds is 6. The average Bonchev–Trinajstić information content (AvgIpc) is 3.53. The normalized spacial score (nSPS) is 12.9. The van der Waals surface area contributed by atoms with Crippen molar-refractivity contribution in [1.82, 2.24) is 25.0 Å². The van der Waals surface area contributed by atoms with Gasteiger partial charge in [-0.05, 0) is 41.6 Å². The molecule has 4 aromatic rings. The molecule has 0 fully saturated rings. The molecule has 4 heterocycles. The molecule has 0 bridgehead atoms. The van der Waals surface area contributed by atoms with Crippen LogP contribution in [0, 0.1) is 5.82 Å². The van der Waals surface area contributed by atoms with E-state index in [9.17, 15) is 22.4 Å². The van der Waals surface area contributed by atoms with Gasteiger partial charge in [-0.2, -0.15) is 18.3 Å². The van der Waals surface area contributed by atoms with Gasteiger partial charge in [0.2, 0.25) is 0 Å². The molecular weight excluding hydrogens is 538 g/mol. The second-order valence-corrected chi connectivity index (χ2v) is 9.59. The zero-order chi connectivity index (χ0) is 28.0. The molecule has 0 atom stereocenters. The molecular formula is C26H23F4N5O3S. The van der Waals surface area contributed by atoms with Gasteiger partial charge < -0.3 is 10.4 Å². The molecule has 0 saturated heterocycles. The van der Waals surface area contributed by atoms with Crippen LogP contribution in [-0.4, -0.2) is 49.4 Å². The first-order valence-corrected chi connectivity index (χ1v) is 12.6. The van der Waals surface area contributed by atoms with Crippen LogP contribution in [-0.2, 0) is 30.8 Å². The van der Waals surface area contributed by atoms with E-state index in [1.165, 1.54) is 17.0 Å². The molecule has 13 heteroatoms. The summed E-state index contributed by atoms with van der Waals surface area (Å²) in [7, 11) is 0. The number of halogens is 4. The van der Waals surface area contributed by atoms with E-state index >= 15 is 0 Å². The summed E-state index contributed by atoms with van der Waals surface area (Å²) in [5.74, 6) is -2.41. The lowest BCUT2D eigenvalue weighted by atomic mass is 10.1. The molecule has 3 aromatic heterocycles. The standard InChI is InChI=1S/C24H22FN5OS.C2HF3O2/c25-19-7-5-17(6-8-19)14-29-15-18-3-1-10-26-23(18)30-22(16-29)21(13-28-30)24(31)27-11-9-20-4-2-12-32-20;3-2(4,5)1(6)7/h1-8,10,12-13H,9,11,14-16H2,(H,27,31);(H,6,7). The van der Waals surface area contributed by atoms with Gasteiger partial charge in [-0.25, -0.2) is 18.9 Å². The fraction of sp³-hybridized carbons (Fsp3) is 0.231. The van der Waals surface area contributed by atoms with Crippen molar-refractivity contribution in [1.29, 1.82) is 0 Å². The topological polar surface area (TPSA) is 100 Å². The summed E-state index contributed by atoms with van der Waals surface area (Å²) in [5, 5.41) is 16.7. The highest BCUT2D eigenvalue weighted by molar-refractivity contribution is 7.09. The van der Waals surface area contributed by atoms with E-state index in [1.54, 1.807) is 40.5 Å². The number of fused-ring (bicyclic) bond motifs is 3. The Morgan fingerprint density at radius 3 is 2.49 bits per heavy atom. The third-order valence-electron chi connectivity index (χ3n) is 5.75. The summed E-state index contributed by atoms with van der Waals surface area (Å²) in [5.41, 5.74) is 3.39. The van der Waals surface area contributed by atoms with Crippen LogP contribution >= 0.6 is 11.3 Å². The molecule has 0 unspecified atom stereocenters. The third-order valence-corrected chi connectivity index (χ3v) is 6.68. The molecule has 0 spiro atoms. The zero-order valence-corrected chi connectivity index (χ0v) is 21.2. The highest BCUT2D eigenvalue weighted by Gasteiger charge is 2.38. The van der Waals surface area contributed by atoms with Gasteiger partial charge in [-0.15, -0.1) is 11.3 Å². The number of carbonyl (C=O) groups excluding carboxylic acids is 1. The number of alkyl halides is 3. The molecule has 0 saturated carbocycles. The Hall–Kier alpha value is -4.10. The number of hydrogen-bond donors (Lipinski definition) is 2. The van der Waals surface area contributed by atoms with E-state index in [4.69, 9.17) is 9.90 Å². The van der Waals surface area contributed by atoms with Crippen molar-refractivity contribution in [2.45, 2.75) is 32.2 Å². The molecule has 1 aliphatic heterocycles. The van der Waals surface area contributed by atoms with Gasteiger partial charge in [-0.3, -0.25) is 9.69 Å². The molecule has 2 N–H and O–H groups in total. The molecule has 204 valence electrons. The van der Waals surface area contributed by atoms with Crippen LogP contribution in [0.4, 0.5) is 17.6 Å². The Kier molecular flexibility index (Phi) is 8.72. The van der Waals surface area contributed by atoms with E-state index in [1.807, 2.05) is 23.6 Å². The van der Waals surface area contributed by atoms with Gasteiger partial charge in [0.15, 0.2) is 5.82 Å². The van der Waals surface area contributed by atoms with Crippen LogP contribution in [0.15, 0.2) is 66.3 Å². The van der Waals surface area contributed by atoms with Crippen LogP contribution in [0.5, 0.6) is 0 Å². The number of aromatic nitrogens is 3. The van der Waals surface area contributed by atoms with E-state index in [2.05, 4.69) is 26.4 Å². The predicted molar refractivity (Wildman–Crippen MR) is 135 cm³/mol. The highest BCUT2D eigenvalue weighted by atomic mass is 32.1. The van der Waals surface area contributed by atoms with E-state index < -0.39 is 12.1 Å². The van der Waals surface area contributed by atoms with Crippen molar-refractivity contribution in [3.05, 3.63) is 99.4 Å². The summed E-state index contributed by atoms with van der Waals surface area (Å²) in [4.78, 5) is 29.9. The number of hydrogen-bond acceptors (Lipinski definition) is 6. The maximum absolute atomic E-state index is 13.3. The SMILES string of the molecule is O=C(NCCc1cccs1)c1cnn2c1CN(Cc1ccc(F)cc1)Cc1cccnc1-2.O=C(O)C(F)(F)F. The highest BCUT2D eigenvalue weighted by Crippen LogP contribution is 2.26. The van der Waals surface area contributed by atoms with Crippen LogP contribution in [0.3, 0.4) is 0 Å². The summed E-state index contributed by atoms with van der Waals surface area (Å²) in [6.07, 6.45) is -0.926. The van der Waals surface area contributed by atoms with E-state index in [-0.39, 0.29) is 11.7 Å². The number of carbonyl (C=O) groups is 2. The first kappa shape index (κ1) is 27.9. The van der Waals surface area contributed by atoms with E-state index in [0.29, 0.717) is 31.7 Å². The first-order chi connectivity index (χ1) is 18.6. The fourth-order valence-corrected chi connectivity index (χ4v) is 4.67. The average molecular weight is 562 g/mol. The second kappa shape index (κ2) is 12.2. The van der Waals surface area contributed by atoms with Crippen molar-refractivity contribution in [2.75, 3.05) is 6.54 Å². The maximum Gasteiger partial charge on any atom is 0.490 e. The summed E-state index contributed by atoms with van der Waals surface area (Å²) >= 11 is 1.69. The number of nitrogens with one attached hydrogen (secondary N) is 1. The molecule has 1 aliphatic rings. The molecule has 0 aliphatic carbocycles. The minimum atomic E-state index is -5.08. The lowest BCUT2D eigenvalue weighted by Gasteiger charge is -2.20. The zero-order valence-electron chi connectivity index (χ0n) is 20.4. The Balaban J connectivity index is 0.000000448. The number of thiophene rings is 1. The smallest absolute Gasteiger partial charge is 0.475 e. The number of benzene rings is 1. The second-order valence-electron chi connectivity index (χ2n) is 8.56.